The van der Waals surface area contributed by atoms with Gasteiger partial charge in [-0.2, -0.15) is 10.5 Å². The minimum Gasteiger partial charge on any atom is -0.221 e. The molecule has 4 nitrogen and oxygen atoms in total. The van der Waals surface area contributed by atoms with E-state index in [1.165, 1.54) is 0 Å². The van der Waals surface area contributed by atoms with E-state index < -0.39 is 0 Å². The average molecular weight is 133 g/mol. The molecule has 4 heteroatoms. The van der Waals surface area contributed by atoms with Gasteiger partial charge < -0.3 is 0 Å². The van der Waals surface area contributed by atoms with Gasteiger partial charge in [-0.05, 0) is 6.07 Å². The van der Waals surface area contributed by atoms with Gasteiger partial charge in [0.1, 0.15) is 0 Å². The summed E-state index contributed by atoms with van der Waals surface area (Å²) in [7, 11) is 0. The molecule has 0 N–H and O–H groups in total. The Morgan fingerprint density at radius 3 is 3.00 bits per heavy atom. The molecule has 0 aliphatic carbocycles. The number of hydrogen-bond acceptors (Lipinski definition) is 2. The topological polar surface area (TPSA) is 44.3 Å². The van der Waals surface area contributed by atoms with Gasteiger partial charge in [0.05, 0.1) is 6.20 Å². The Morgan fingerprint density at radius 2 is 2.40 bits per heavy atom. The van der Waals surface area contributed by atoms with Gasteiger partial charge in [0.2, 0.25) is 0 Å². The molecular formula is C6H5N4. The molecule has 1 aromatic rings. The van der Waals surface area contributed by atoms with E-state index in [0.717, 1.165) is 5.84 Å². The molecule has 0 saturated carbocycles. The van der Waals surface area contributed by atoms with Crippen molar-refractivity contribution in [1.82, 2.24) is 15.2 Å². The van der Waals surface area contributed by atoms with Crippen LogP contribution in [0.1, 0.15) is 0 Å². The molecule has 0 unspecified atom stereocenters. The highest BCUT2D eigenvalue weighted by Crippen LogP contribution is 1.93. The van der Waals surface area contributed by atoms with Crippen LogP contribution in [-0.2, 0) is 0 Å². The summed E-state index contributed by atoms with van der Waals surface area (Å²) >= 11 is 0. The second kappa shape index (κ2) is 1.98. The first-order chi connectivity index (χ1) is 4.97. The summed E-state index contributed by atoms with van der Waals surface area (Å²) < 4.78 is 1.66. The second-order valence-electron chi connectivity index (χ2n) is 1.84. The molecule has 1 aliphatic rings. The second-order valence-corrected chi connectivity index (χ2v) is 1.84. The zero-order valence-electron chi connectivity index (χ0n) is 5.18. The maximum absolute atomic E-state index is 3.97. The van der Waals surface area contributed by atoms with E-state index in [0.29, 0.717) is 0 Å². The molecule has 1 aliphatic heterocycles. The predicted molar refractivity (Wildman–Crippen MR) is 36.3 cm³/mol. The van der Waals surface area contributed by atoms with Crippen LogP contribution in [0, 0.1) is 0 Å². The summed E-state index contributed by atoms with van der Waals surface area (Å²) in [5, 5.41) is 7.78. The first-order valence-electron chi connectivity index (χ1n) is 2.91. The average Bonchev–Trinajstić information content (AvgIpc) is 2.59. The number of hydrogen-bond donors (Lipinski definition) is 0. The third-order valence-corrected chi connectivity index (χ3v) is 1.19. The van der Waals surface area contributed by atoms with E-state index in [9.17, 15) is 0 Å². The minimum absolute atomic E-state index is 0.755. The van der Waals surface area contributed by atoms with E-state index in [-0.39, 0.29) is 0 Å². The Labute approximate surface area is 57.9 Å². The third kappa shape index (κ3) is 0.699. The molecule has 0 saturated heterocycles. The van der Waals surface area contributed by atoms with Crippen molar-refractivity contribution in [3.63, 3.8) is 0 Å². The lowest BCUT2D eigenvalue weighted by Gasteiger charge is -1.92. The van der Waals surface area contributed by atoms with Crippen LogP contribution in [0.3, 0.4) is 0 Å². The van der Waals surface area contributed by atoms with E-state index >= 15 is 0 Å². The van der Waals surface area contributed by atoms with Crippen LogP contribution in [0.5, 0.6) is 0 Å². The van der Waals surface area contributed by atoms with Crippen molar-refractivity contribution in [3.8, 4) is 0 Å². The van der Waals surface area contributed by atoms with Crippen molar-refractivity contribution >= 4 is 5.84 Å². The Bertz CT molecular complexity index is 270. The number of aromatic nitrogens is 2. The molecule has 2 rings (SSSR count). The lowest BCUT2D eigenvalue weighted by atomic mass is 10.6. The fourth-order valence-corrected chi connectivity index (χ4v) is 0.752. The Balaban J connectivity index is 2.36. The maximum atomic E-state index is 3.97. The number of allylic oxidation sites excluding steroid dienone is 1. The van der Waals surface area contributed by atoms with Crippen LogP contribution in [0.25, 0.3) is 0 Å². The highest BCUT2D eigenvalue weighted by molar-refractivity contribution is 5.94. The first kappa shape index (κ1) is 5.22. The molecule has 2 heterocycles. The lowest BCUT2D eigenvalue weighted by molar-refractivity contribution is 0.901. The molecule has 1 radical (unpaired) electrons. The zero-order chi connectivity index (χ0) is 6.81. The largest absolute Gasteiger partial charge is 0.221 e. The minimum atomic E-state index is 0.755. The van der Waals surface area contributed by atoms with Gasteiger partial charge in [0, 0.05) is 18.5 Å². The third-order valence-electron chi connectivity index (χ3n) is 1.19. The lowest BCUT2D eigenvalue weighted by Crippen LogP contribution is -2.07. The molecule has 0 atom stereocenters. The van der Waals surface area contributed by atoms with Gasteiger partial charge in [-0.25, -0.2) is 4.68 Å². The van der Waals surface area contributed by atoms with Gasteiger partial charge in [0.15, 0.2) is 5.84 Å². The van der Waals surface area contributed by atoms with Crippen LogP contribution in [0.2, 0.25) is 0 Å². The van der Waals surface area contributed by atoms with E-state index in [2.05, 4.69) is 15.6 Å². The smallest absolute Gasteiger partial charge is 0.177 e. The van der Waals surface area contributed by atoms with Gasteiger partial charge in [-0.1, -0.05) is 0 Å². The molecule has 10 heavy (non-hydrogen) atoms. The van der Waals surface area contributed by atoms with Crippen molar-refractivity contribution in [3.05, 3.63) is 30.7 Å². The van der Waals surface area contributed by atoms with Crippen molar-refractivity contribution < 1.29 is 0 Å². The van der Waals surface area contributed by atoms with E-state index in [4.69, 9.17) is 0 Å². The molecule has 1 aromatic heterocycles. The van der Waals surface area contributed by atoms with Crippen molar-refractivity contribution in [2.75, 3.05) is 0 Å². The van der Waals surface area contributed by atoms with Gasteiger partial charge in [-0.15, -0.1) is 5.10 Å². The molecule has 49 valence electrons. The highest BCUT2D eigenvalue weighted by Gasteiger charge is 2.01. The van der Waals surface area contributed by atoms with Crippen molar-refractivity contribution in [2.24, 2.45) is 5.10 Å². The maximum Gasteiger partial charge on any atom is 0.177 e. The molecule has 0 aromatic carbocycles. The van der Waals surface area contributed by atoms with Crippen LogP contribution in [0.15, 0.2) is 35.8 Å². The standard InChI is InChI=1S/C6H5N4/c1-3-8-10(5-1)6-2-4-7-9-6/h1-5H. The summed E-state index contributed by atoms with van der Waals surface area (Å²) in [4.78, 5) is 0. The van der Waals surface area contributed by atoms with Crippen LogP contribution < -0.4 is 5.43 Å². The van der Waals surface area contributed by atoms with Gasteiger partial charge in [0.25, 0.3) is 0 Å². The zero-order valence-corrected chi connectivity index (χ0v) is 5.18. The molecule has 0 spiro atoms. The van der Waals surface area contributed by atoms with Gasteiger partial charge in [-0.3, -0.25) is 0 Å². The Morgan fingerprint density at radius 1 is 1.40 bits per heavy atom. The highest BCUT2D eigenvalue weighted by atomic mass is 15.4. The summed E-state index contributed by atoms with van der Waals surface area (Å²) in [6.45, 7) is 0. The summed E-state index contributed by atoms with van der Waals surface area (Å²) in [6, 6.07) is 1.84. The molecule has 0 amide bonds. The summed E-state index contributed by atoms with van der Waals surface area (Å²) in [5.41, 5.74) is 3.67. The van der Waals surface area contributed by atoms with E-state index in [1.807, 2.05) is 12.3 Å². The summed E-state index contributed by atoms with van der Waals surface area (Å²) in [5.74, 6) is 0.755. The number of rotatable bonds is 0. The number of nitrogens with zero attached hydrogens (tertiary/aromatic N) is 4. The van der Waals surface area contributed by atoms with Crippen LogP contribution in [-0.4, -0.2) is 15.6 Å². The Kier molecular flexibility index (Phi) is 1.04. The van der Waals surface area contributed by atoms with Gasteiger partial charge >= 0.3 is 0 Å². The first-order valence-corrected chi connectivity index (χ1v) is 2.91. The summed E-state index contributed by atoms with van der Waals surface area (Å²) in [6.07, 6.45) is 6.96. The SMILES string of the molecule is C1=CC(n2cccn2)=N[N]1. The molecule has 0 bridgehead atoms. The molecule has 0 fully saturated rings. The normalized spacial score (nSPS) is 15.0. The Hall–Kier alpha value is -1.58. The van der Waals surface area contributed by atoms with E-state index in [1.54, 1.807) is 23.2 Å². The van der Waals surface area contributed by atoms with Crippen LogP contribution >= 0.6 is 0 Å². The fourth-order valence-electron chi connectivity index (χ4n) is 0.752. The monoisotopic (exact) mass is 133 g/mol. The predicted octanol–water partition coefficient (Wildman–Crippen LogP) is 0.176. The fraction of sp³-hybridized carbons (Fsp3) is 0. The quantitative estimate of drug-likeness (QED) is 0.497. The van der Waals surface area contributed by atoms with Crippen LogP contribution in [0.4, 0.5) is 0 Å². The van der Waals surface area contributed by atoms with Crippen molar-refractivity contribution in [2.45, 2.75) is 0 Å². The molecular weight excluding hydrogens is 128 g/mol. The van der Waals surface area contributed by atoms with Crippen molar-refractivity contribution in [1.29, 1.82) is 0 Å².